The molecule has 0 heterocycles. The number of rotatable bonds is 9. The highest BCUT2D eigenvalue weighted by atomic mass is 32.2. The van der Waals surface area contributed by atoms with E-state index in [-0.39, 0.29) is 5.25 Å². The second-order valence-corrected chi connectivity index (χ2v) is 7.16. The molecule has 0 bridgehead atoms. The molecular formula is C11H24N2O3S. The SMILES string of the molecule is COCCCN(C)S(=O)(=O)C(C)CNC1CC1. The minimum Gasteiger partial charge on any atom is -0.385 e. The molecule has 0 radical (unpaired) electrons. The molecule has 1 saturated carbocycles. The molecule has 1 aliphatic carbocycles. The Kier molecular flexibility index (Phi) is 5.85. The lowest BCUT2D eigenvalue weighted by molar-refractivity contribution is 0.189. The van der Waals surface area contributed by atoms with Crippen molar-refractivity contribution in [1.29, 1.82) is 0 Å². The van der Waals surface area contributed by atoms with Crippen LogP contribution in [0.2, 0.25) is 0 Å². The highest BCUT2D eigenvalue weighted by Crippen LogP contribution is 2.19. The second-order valence-electron chi connectivity index (χ2n) is 4.71. The molecular weight excluding hydrogens is 240 g/mol. The number of nitrogens with one attached hydrogen (secondary N) is 1. The first-order chi connectivity index (χ1) is 7.98. The lowest BCUT2D eigenvalue weighted by Gasteiger charge is -2.22. The minimum atomic E-state index is -3.17. The molecule has 1 fully saturated rings. The van der Waals surface area contributed by atoms with Crippen LogP contribution in [0.1, 0.15) is 26.2 Å². The van der Waals surface area contributed by atoms with Crippen molar-refractivity contribution in [3.05, 3.63) is 0 Å². The number of hydrogen-bond donors (Lipinski definition) is 1. The van der Waals surface area contributed by atoms with E-state index in [2.05, 4.69) is 5.32 Å². The second kappa shape index (κ2) is 6.68. The first kappa shape index (κ1) is 14.9. The highest BCUT2D eigenvalue weighted by Gasteiger charge is 2.28. The van der Waals surface area contributed by atoms with Crippen LogP contribution in [0.15, 0.2) is 0 Å². The van der Waals surface area contributed by atoms with Crippen LogP contribution < -0.4 is 5.32 Å². The molecule has 1 unspecified atom stereocenters. The van der Waals surface area contributed by atoms with Gasteiger partial charge in [0.25, 0.3) is 0 Å². The lowest BCUT2D eigenvalue weighted by atomic mass is 10.4. The van der Waals surface area contributed by atoms with Gasteiger partial charge in [-0.3, -0.25) is 0 Å². The normalized spacial score (nSPS) is 18.6. The van der Waals surface area contributed by atoms with E-state index < -0.39 is 10.0 Å². The summed E-state index contributed by atoms with van der Waals surface area (Å²) >= 11 is 0. The van der Waals surface area contributed by atoms with Gasteiger partial charge in [-0.1, -0.05) is 0 Å². The predicted octanol–water partition coefficient (Wildman–Crippen LogP) is 0.425. The van der Waals surface area contributed by atoms with Gasteiger partial charge in [0.05, 0.1) is 5.25 Å². The van der Waals surface area contributed by atoms with Crippen molar-refractivity contribution in [3.8, 4) is 0 Å². The van der Waals surface area contributed by atoms with Gasteiger partial charge >= 0.3 is 0 Å². The summed E-state index contributed by atoms with van der Waals surface area (Å²) in [5.74, 6) is 0. The molecule has 0 saturated heterocycles. The fourth-order valence-electron chi connectivity index (χ4n) is 1.59. The molecule has 0 aromatic rings. The number of sulfonamides is 1. The van der Waals surface area contributed by atoms with E-state index in [0.29, 0.717) is 25.7 Å². The minimum absolute atomic E-state index is 0.365. The zero-order chi connectivity index (χ0) is 12.9. The predicted molar refractivity (Wildman–Crippen MR) is 68.5 cm³/mol. The van der Waals surface area contributed by atoms with E-state index in [4.69, 9.17) is 4.74 Å². The quantitative estimate of drug-likeness (QED) is 0.613. The summed E-state index contributed by atoms with van der Waals surface area (Å²) < 4.78 is 30.6. The summed E-state index contributed by atoms with van der Waals surface area (Å²) in [4.78, 5) is 0. The average Bonchev–Trinajstić information content (AvgIpc) is 3.09. The van der Waals surface area contributed by atoms with Crippen LogP contribution in [0.3, 0.4) is 0 Å². The van der Waals surface area contributed by atoms with Gasteiger partial charge in [-0.25, -0.2) is 12.7 Å². The molecule has 1 aliphatic rings. The first-order valence-electron chi connectivity index (χ1n) is 6.16. The van der Waals surface area contributed by atoms with Gasteiger partial charge in [-0.05, 0) is 26.2 Å². The fraction of sp³-hybridized carbons (Fsp3) is 1.00. The maximum absolute atomic E-state index is 12.1. The molecule has 5 nitrogen and oxygen atoms in total. The Bertz CT molecular complexity index is 315. The van der Waals surface area contributed by atoms with Crippen LogP contribution in [0.5, 0.6) is 0 Å². The van der Waals surface area contributed by atoms with Crippen molar-refractivity contribution >= 4 is 10.0 Å². The van der Waals surface area contributed by atoms with Gasteiger partial charge in [0, 0.05) is 39.9 Å². The van der Waals surface area contributed by atoms with E-state index in [1.807, 2.05) is 0 Å². The summed E-state index contributed by atoms with van der Waals surface area (Å²) in [6.07, 6.45) is 3.09. The Hall–Kier alpha value is -0.170. The highest BCUT2D eigenvalue weighted by molar-refractivity contribution is 7.89. The smallest absolute Gasteiger partial charge is 0.217 e. The van der Waals surface area contributed by atoms with E-state index >= 15 is 0 Å². The van der Waals surface area contributed by atoms with E-state index in [1.54, 1.807) is 21.1 Å². The van der Waals surface area contributed by atoms with Crippen LogP contribution in [-0.2, 0) is 14.8 Å². The van der Waals surface area contributed by atoms with Gasteiger partial charge in [-0.2, -0.15) is 0 Å². The molecule has 17 heavy (non-hydrogen) atoms. The Labute approximate surface area is 105 Å². The Balaban J connectivity index is 2.34. The lowest BCUT2D eigenvalue weighted by Crippen LogP contribution is -2.41. The summed E-state index contributed by atoms with van der Waals surface area (Å²) in [7, 11) is 0.0872. The van der Waals surface area contributed by atoms with Gasteiger partial charge < -0.3 is 10.1 Å². The molecule has 1 atom stereocenters. The van der Waals surface area contributed by atoms with Crippen molar-refractivity contribution in [2.24, 2.45) is 0 Å². The van der Waals surface area contributed by atoms with E-state index in [1.165, 1.54) is 17.1 Å². The van der Waals surface area contributed by atoms with Crippen LogP contribution in [0, 0.1) is 0 Å². The van der Waals surface area contributed by atoms with Crippen molar-refractivity contribution < 1.29 is 13.2 Å². The van der Waals surface area contributed by atoms with Gasteiger partial charge in [0.2, 0.25) is 10.0 Å². The van der Waals surface area contributed by atoms with E-state index in [0.717, 1.165) is 6.42 Å². The third-order valence-electron chi connectivity index (χ3n) is 3.04. The monoisotopic (exact) mass is 264 g/mol. The van der Waals surface area contributed by atoms with Gasteiger partial charge in [0.1, 0.15) is 0 Å². The molecule has 6 heteroatoms. The van der Waals surface area contributed by atoms with Crippen molar-refractivity contribution in [2.75, 3.05) is 33.9 Å². The molecule has 0 aromatic carbocycles. The zero-order valence-electron chi connectivity index (χ0n) is 11.0. The van der Waals surface area contributed by atoms with E-state index in [9.17, 15) is 8.42 Å². The Morgan fingerprint density at radius 2 is 2.12 bits per heavy atom. The molecule has 0 aromatic heterocycles. The van der Waals surface area contributed by atoms with Crippen molar-refractivity contribution in [3.63, 3.8) is 0 Å². The number of hydrogen-bond acceptors (Lipinski definition) is 4. The Morgan fingerprint density at radius 1 is 1.47 bits per heavy atom. The summed E-state index contributed by atoms with van der Waals surface area (Å²) in [5.41, 5.74) is 0. The summed E-state index contributed by atoms with van der Waals surface area (Å²) in [6, 6.07) is 0.548. The standard InChI is InChI=1S/C11H24N2O3S/c1-10(9-12-11-5-6-11)17(14,15)13(2)7-4-8-16-3/h10-12H,4-9H2,1-3H3. The third-order valence-corrected chi connectivity index (χ3v) is 5.27. The molecule has 1 N–H and O–H groups in total. The summed E-state index contributed by atoms with van der Waals surface area (Å²) in [6.45, 7) is 3.41. The first-order valence-corrected chi connectivity index (χ1v) is 7.66. The topological polar surface area (TPSA) is 58.6 Å². The average molecular weight is 264 g/mol. The largest absolute Gasteiger partial charge is 0.385 e. The van der Waals surface area contributed by atoms with Gasteiger partial charge in [-0.15, -0.1) is 0 Å². The van der Waals surface area contributed by atoms with Crippen LogP contribution in [0.4, 0.5) is 0 Å². The third kappa shape index (κ3) is 4.91. The van der Waals surface area contributed by atoms with Gasteiger partial charge in [0.15, 0.2) is 0 Å². The van der Waals surface area contributed by atoms with Crippen molar-refractivity contribution in [2.45, 2.75) is 37.5 Å². The Morgan fingerprint density at radius 3 is 2.65 bits per heavy atom. The maximum atomic E-state index is 12.1. The molecule has 0 spiro atoms. The molecule has 1 rings (SSSR count). The number of ether oxygens (including phenoxy) is 1. The molecule has 0 aliphatic heterocycles. The molecule has 0 amide bonds. The van der Waals surface area contributed by atoms with Crippen LogP contribution in [0.25, 0.3) is 0 Å². The van der Waals surface area contributed by atoms with Crippen LogP contribution >= 0.6 is 0 Å². The maximum Gasteiger partial charge on any atom is 0.217 e. The fourth-order valence-corrected chi connectivity index (χ4v) is 2.90. The van der Waals surface area contributed by atoms with Crippen molar-refractivity contribution in [1.82, 2.24) is 9.62 Å². The number of methoxy groups -OCH3 is 1. The van der Waals surface area contributed by atoms with Crippen LogP contribution in [-0.4, -0.2) is 57.9 Å². The number of nitrogens with zero attached hydrogens (tertiary/aromatic N) is 1. The zero-order valence-corrected chi connectivity index (χ0v) is 11.8. The molecule has 102 valence electrons. The summed E-state index contributed by atoms with van der Waals surface area (Å²) in [5, 5.41) is 2.89.